The molecule has 0 saturated carbocycles. The minimum absolute atomic E-state index is 0.279. The number of allylic oxidation sites excluding steroid dienone is 5. The van der Waals surface area contributed by atoms with E-state index in [0.29, 0.717) is 5.92 Å². The van der Waals surface area contributed by atoms with Crippen LogP contribution in [0.25, 0.3) is 33.9 Å². The first kappa shape index (κ1) is 23.9. The number of benzene rings is 3. The largest absolute Gasteiger partial charge is 0.507 e. The van der Waals surface area contributed by atoms with Crippen molar-refractivity contribution in [3.63, 3.8) is 0 Å². The van der Waals surface area contributed by atoms with Gasteiger partial charge in [-0.15, -0.1) is 0 Å². The molecule has 0 fully saturated rings. The first-order valence-corrected chi connectivity index (χ1v) is 13.4. The van der Waals surface area contributed by atoms with Gasteiger partial charge in [0.25, 0.3) is 0 Å². The number of anilines is 1. The van der Waals surface area contributed by atoms with Crippen LogP contribution in [0.1, 0.15) is 42.0 Å². The van der Waals surface area contributed by atoms with Gasteiger partial charge < -0.3 is 10.4 Å². The maximum absolute atomic E-state index is 10.6. The van der Waals surface area contributed by atoms with Gasteiger partial charge in [0.1, 0.15) is 5.75 Å². The number of nitrogens with one attached hydrogen (secondary N) is 1. The topological polar surface area (TPSA) is 32.3 Å². The molecule has 4 aromatic carbocycles. The first-order valence-electron chi connectivity index (χ1n) is 13.4. The zero-order chi connectivity index (χ0) is 26.1. The maximum Gasteiger partial charge on any atom is 0.123 e. The van der Waals surface area contributed by atoms with E-state index in [1.807, 2.05) is 36.4 Å². The summed E-state index contributed by atoms with van der Waals surface area (Å²) in [4.78, 5) is 0. The molecule has 2 heteroatoms. The number of hydrogen-bond donors (Lipinski definition) is 2. The summed E-state index contributed by atoms with van der Waals surface area (Å²) in [5, 5.41) is 14.4. The molecule has 2 aliphatic carbocycles. The predicted molar refractivity (Wildman–Crippen MR) is 159 cm³/mol. The van der Waals surface area contributed by atoms with Crippen LogP contribution in [0.3, 0.4) is 0 Å². The van der Waals surface area contributed by atoms with Gasteiger partial charge in [0.15, 0.2) is 0 Å². The molecule has 0 aliphatic heterocycles. The van der Waals surface area contributed by atoms with Crippen LogP contribution in [-0.4, -0.2) is 5.11 Å². The van der Waals surface area contributed by atoms with Gasteiger partial charge in [-0.05, 0) is 89.8 Å². The van der Waals surface area contributed by atoms with Crippen molar-refractivity contribution >= 4 is 17.3 Å². The lowest BCUT2D eigenvalue weighted by molar-refractivity contribution is 0.477. The fraction of sp³-hybridized carbons (Fsp3) is 0.167. The summed E-state index contributed by atoms with van der Waals surface area (Å²) in [7, 11) is 0. The van der Waals surface area contributed by atoms with E-state index in [0.717, 1.165) is 47.2 Å². The molecule has 4 aromatic rings. The molecule has 0 radical (unpaired) electrons. The Bertz CT molecular complexity index is 1590. The van der Waals surface area contributed by atoms with Gasteiger partial charge in [0.05, 0.1) is 5.69 Å². The van der Waals surface area contributed by atoms with Gasteiger partial charge in [0.2, 0.25) is 0 Å². The molecule has 0 saturated heterocycles. The number of phenolic OH excluding ortho intramolecular Hbond substituents is 1. The molecule has 6 rings (SSSR count). The number of rotatable bonds is 5. The molecule has 38 heavy (non-hydrogen) atoms. The molecule has 0 spiro atoms. The lowest BCUT2D eigenvalue weighted by Gasteiger charge is -2.24. The highest BCUT2D eigenvalue weighted by atomic mass is 16.3. The highest BCUT2D eigenvalue weighted by Gasteiger charge is 2.21. The van der Waals surface area contributed by atoms with Crippen molar-refractivity contribution in [1.29, 1.82) is 0 Å². The first-order chi connectivity index (χ1) is 18.6. The number of aryl methyl sites for hydroxylation is 1. The summed E-state index contributed by atoms with van der Waals surface area (Å²) in [5.41, 5.74) is 12.4. The van der Waals surface area contributed by atoms with Crippen molar-refractivity contribution in [2.45, 2.75) is 33.1 Å². The van der Waals surface area contributed by atoms with Crippen LogP contribution in [0.2, 0.25) is 0 Å². The van der Waals surface area contributed by atoms with Crippen LogP contribution < -0.4 is 5.32 Å². The van der Waals surface area contributed by atoms with E-state index in [1.165, 1.54) is 33.5 Å². The zero-order valence-electron chi connectivity index (χ0n) is 21.9. The Hall–Kier alpha value is -4.48. The highest BCUT2D eigenvalue weighted by molar-refractivity contribution is 5.86. The van der Waals surface area contributed by atoms with Gasteiger partial charge in [-0.1, -0.05) is 91.9 Å². The summed E-state index contributed by atoms with van der Waals surface area (Å²) in [6.45, 7) is 4.43. The zero-order valence-corrected chi connectivity index (χ0v) is 21.9. The molecule has 2 nitrogen and oxygen atoms in total. The molecule has 2 N–H and O–H groups in total. The third-order valence-corrected chi connectivity index (χ3v) is 7.58. The van der Waals surface area contributed by atoms with E-state index in [9.17, 15) is 5.11 Å². The van der Waals surface area contributed by atoms with Crippen molar-refractivity contribution in [3.05, 3.63) is 131 Å². The molecular formula is C36H31NO. The van der Waals surface area contributed by atoms with Crippen molar-refractivity contribution in [2.75, 3.05) is 5.32 Å². The molecule has 0 amide bonds. The van der Waals surface area contributed by atoms with E-state index >= 15 is 0 Å². The Morgan fingerprint density at radius 1 is 0.868 bits per heavy atom. The summed E-state index contributed by atoms with van der Waals surface area (Å²) in [6, 6.07) is 31.4. The normalized spacial score (nSPS) is 16.2. The quantitative estimate of drug-likeness (QED) is 0.291. The number of aromatic hydroxyl groups is 1. The molecule has 1 atom stereocenters. The number of phenols is 1. The predicted octanol–water partition coefficient (Wildman–Crippen LogP) is 9.01. The second-order valence-electron chi connectivity index (χ2n) is 10.3. The van der Waals surface area contributed by atoms with Gasteiger partial charge in [-0.25, -0.2) is 0 Å². The van der Waals surface area contributed by atoms with Crippen LogP contribution in [0.15, 0.2) is 96.7 Å². The Kier molecular flexibility index (Phi) is 6.36. The molecular weight excluding hydrogens is 462 g/mol. The van der Waals surface area contributed by atoms with Crippen LogP contribution >= 0.6 is 0 Å². The van der Waals surface area contributed by atoms with E-state index in [2.05, 4.69) is 85.9 Å². The molecule has 0 heterocycles. The number of hydrogen-bond acceptors (Lipinski definition) is 2. The lowest BCUT2D eigenvalue weighted by Crippen LogP contribution is -2.11. The van der Waals surface area contributed by atoms with Gasteiger partial charge >= 0.3 is 0 Å². The van der Waals surface area contributed by atoms with E-state index in [-0.39, 0.29) is 5.75 Å². The summed E-state index contributed by atoms with van der Waals surface area (Å²) >= 11 is 0. The SMILES string of the molecule is Cc1ccccc1C1=C(Nc2c#cc(-c3ccc(O)c(-c4ccccc4)c3)c3c2CC(C)C=C3)CCC=C1. The Morgan fingerprint density at radius 3 is 2.53 bits per heavy atom. The second kappa shape index (κ2) is 10.1. The average Bonchev–Trinajstić information content (AvgIpc) is 2.95. The van der Waals surface area contributed by atoms with Crippen molar-refractivity contribution < 1.29 is 5.11 Å². The van der Waals surface area contributed by atoms with E-state index < -0.39 is 0 Å². The van der Waals surface area contributed by atoms with E-state index in [1.54, 1.807) is 6.07 Å². The van der Waals surface area contributed by atoms with E-state index in [4.69, 9.17) is 0 Å². The molecule has 0 bridgehead atoms. The molecule has 2 aliphatic rings. The van der Waals surface area contributed by atoms with Gasteiger partial charge in [-0.3, -0.25) is 0 Å². The lowest BCUT2D eigenvalue weighted by atomic mass is 9.85. The van der Waals surface area contributed by atoms with Crippen LogP contribution in [0, 0.1) is 25.0 Å². The minimum Gasteiger partial charge on any atom is -0.507 e. The molecule has 1 unspecified atom stereocenters. The van der Waals surface area contributed by atoms with Crippen LogP contribution in [-0.2, 0) is 6.42 Å². The fourth-order valence-electron chi connectivity index (χ4n) is 5.55. The summed E-state index contributed by atoms with van der Waals surface area (Å²) in [5.74, 6) is 0.726. The van der Waals surface area contributed by atoms with Gasteiger partial charge in [0, 0.05) is 22.4 Å². The minimum atomic E-state index is 0.279. The van der Waals surface area contributed by atoms with Crippen molar-refractivity contribution in [2.24, 2.45) is 5.92 Å². The standard InChI is InChI=1S/C36H31NO/c1-24-16-18-30-29(27-17-21-36(38)32(23-27)26-11-4-3-5-12-26)19-20-35(33(30)22-24)37-34-15-9-8-14-31(34)28-13-7-6-10-25(28)2/h3-8,10-14,16-18,21,23-24,37-38H,9,15,22H2,1-2H3. The highest BCUT2D eigenvalue weighted by Crippen LogP contribution is 2.39. The van der Waals surface area contributed by atoms with Gasteiger partial charge in [-0.2, -0.15) is 0 Å². The molecule has 0 aromatic heterocycles. The second-order valence-corrected chi connectivity index (χ2v) is 10.3. The Balaban J connectivity index is 1.44. The van der Waals surface area contributed by atoms with Crippen LogP contribution in [0.5, 0.6) is 5.75 Å². The monoisotopic (exact) mass is 493 g/mol. The maximum atomic E-state index is 10.6. The van der Waals surface area contributed by atoms with Crippen molar-refractivity contribution in [1.82, 2.24) is 0 Å². The number of fused-ring (bicyclic) bond motifs is 1. The Morgan fingerprint density at radius 2 is 1.68 bits per heavy atom. The van der Waals surface area contributed by atoms with Crippen LogP contribution in [0.4, 0.5) is 5.69 Å². The van der Waals surface area contributed by atoms with Crippen molar-refractivity contribution in [3.8, 4) is 28.0 Å². The average molecular weight is 494 g/mol. The summed E-state index contributed by atoms with van der Waals surface area (Å²) < 4.78 is 0. The summed E-state index contributed by atoms with van der Waals surface area (Å²) in [6.07, 6.45) is 12.0. The third kappa shape index (κ3) is 4.53. The third-order valence-electron chi connectivity index (χ3n) is 7.58. The fourth-order valence-corrected chi connectivity index (χ4v) is 5.55. The molecule has 186 valence electrons. The Labute approximate surface area is 225 Å². The smallest absolute Gasteiger partial charge is 0.123 e.